The van der Waals surface area contributed by atoms with Gasteiger partial charge in [-0.2, -0.15) is 4.98 Å². The van der Waals surface area contributed by atoms with Crippen molar-refractivity contribution in [1.82, 2.24) is 10.1 Å². The van der Waals surface area contributed by atoms with E-state index >= 15 is 0 Å². The molecule has 0 aliphatic carbocycles. The van der Waals surface area contributed by atoms with Crippen LogP contribution >= 0.6 is 11.3 Å². The van der Waals surface area contributed by atoms with E-state index in [1.807, 2.05) is 19.1 Å². The molecule has 6 nitrogen and oxygen atoms in total. The third kappa shape index (κ3) is 4.06. The summed E-state index contributed by atoms with van der Waals surface area (Å²) < 4.78 is 46.9. The van der Waals surface area contributed by atoms with Crippen LogP contribution in [0.5, 0.6) is 0 Å². The van der Waals surface area contributed by atoms with Gasteiger partial charge >= 0.3 is 0 Å². The first-order valence-electron chi connectivity index (χ1n) is 8.75. The van der Waals surface area contributed by atoms with E-state index in [1.54, 1.807) is 29.6 Å². The van der Waals surface area contributed by atoms with Crippen LogP contribution in [0, 0.1) is 5.82 Å². The van der Waals surface area contributed by atoms with Gasteiger partial charge in [0.15, 0.2) is 0 Å². The van der Waals surface area contributed by atoms with Crippen molar-refractivity contribution in [2.24, 2.45) is 0 Å². The fraction of sp³-hybridized carbons (Fsp3) is 0.100. The van der Waals surface area contributed by atoms with Gasteiger partial charge in [0.25, 0.3) is 15.9 Å². The van der Waals surface area contributed by atoms with Gasteiger partial charge in [0.1, 0.15) is 10.0 Å². The lowest BCUT2D eigenvalue weighted by molar-refractivity contribution is 0.432. The Morgan fingerprint density at radius 3 is 2.72 bits per heavy atom. The maximum absolute atomic E-state index is 13.4. The normalized spacial score (nSPS) is 11.5. The van der Waals surface area contributed by atoms with Crippen LogP contribution in [0.15, 0.2) is 68.7 Å². The molecule has 0 bridgehead atoms. The molecule has 0 fully saturated rings. The lowest BCUT2D eigenvalue weighted by Crippen LogP contribution is -2.12. The van der Waals surface area contributed by atoms with Gasteiger partial charge in [-0.3, -0.25) is 4.72 Å². The van der Waals surface area contributed by atoms with Gasteiger partial charge in [0.2, 0.25) is 5.82 Å². The largest absolute Gasteiger partial charge is 0.334 e. The molecule has 2 heterocycles. The third-order valence-electron chi connectivity index (χ3n) is 4.24. The number of anilines is 1. The first-order chi connectivity index (χ1) is 14.0. The van der Waals surface area contributed by atoms with Crippen LogP contribution in [0.3, 0.4) is 0 Å². The summed E-state index contributed by atoms with van der Waals surface area (Å²) in [6, 6.07) is 14.6. The fourth-order valence-corrected chi connectivity index (χ4v) is 5.03. The summed E-state index contributed by atoms with van der Waals surface area (Å²) in [5, 5.41) is 5.48. The Bertz CT molecular complexity index is 1270. The highest BCUT2D eigenvalue weighted by atomic mass is 32.2. The van der Waals surface area contributed by atoms with Crippen LogP contribution < -0.4 is 4.72 Å². The summed E-state index contributed by atoms with van der Waals surface area (Å²) >= 11 is 1.05. The number of halogens is 1. The molecule has 4 rings (SSSR count). The summed E-state index contributed by atoms with van der Waals surface area (Å²) in [5.41, 5.74) is 2.41. The lowest BCUT2D eigenvalue weighted by Gasteiger charge is -2.10. The maximum Gasteiger partial charge on any atom is 0.271 e. The Morgan fingerprint density at radius 1 is 1.10 bits per heavy atom. The number of aromatic nitrogens is 2. The maximum atomic E-state index is 13.4. The molecule has 0 amide bonds. The van der Waals surface area contributed by atoms with E-state index in [0.717, 1.165) is 16.9 Å². The smallest absolute Gasteiger partial charge is 0.271 e. The average Bonchev–Trinajstić information content (AvgIpc) is 3.38. The second kappa shape index (κ2) is 7.76. The van der Waals surface area contributed by atoms with Gasteiger partial charge < -0.3 is 4.52 Å². The van der Waals surface area contributed by atoms with E-state index in [0.29, 0.717) is 23.2 Å². The number of rotatable bonds is 6. The molecule has 29 heavy (non-hydrogen) atoms. The number of benzene rings is 2. The number of sulfonamides is 1. The Kier molecular flexibility index (Phi) is 5.16. The monoisotopic (exact) mass is 429 g/mol. The van der Waals surface area contributed by atoms with Crippen molar-refractivity contribution in [3.63, 3.8) is 0 Å². The topological polar surface area (TPSA) is 85.1 Å². The Balaban J connectivity index is 1.60. The van der Waals surface area contributed by atoms with Crippen molar-refractivity contribution in [1.29, 1.82) is 0 Å². The molecule has 0 aliphatic rings. The first kappa shape index (κ1) is 19.3. The summed E-state index contributed by atoms with van der Waals surface area (Å²) in [5.74, 6) is -0.0165. The minimum Gasteiger partial charge on any atom is -0.334 e. The zero-order valence-electron chi connectivity index (χ0n) is 15.3. The van der Waals surface area contributed by atoms with Crippen molar-refractivity contribution >= 4 is 27.0 Å². The Morgan fingerprint density at radius 2 is 1.93 bits per heavy atom. The Hall–Kier alpha value is -3.04. The molecule has 148 valence electrons. The molecular formula is C20H16FN3O3S2. The molecule has 0 saturated carbocycles. The second-order valence-electron chi connectivity index (χ2n) is 6.20. The Labute approximate surface area is 171 Å². The van der Waals surface area contributed by atoms with E-state index in [-0.39, 0.29) is 15.9 Å². The van der Waals surface area contributed by atoms with Crippen LogP contribution in [0.25, 0.3) is 22.8 Å². The van der Waals surface area contributed by atoms with Gasteiger partial charge in [0.05, 0.1) is 11.3 Å². The van der Waals surface area contributed by atoms with Crippen molar-refractivity contribution < 1.29 is 17.3 Å². The minimum absolute atomic E-state index is 0.129. The average molecular weight is 429 g/mol. The summed E-state index contributed by atoms with van der Waals surface area (Å²) in [7, 11) is -3.75. The van der Waals surface area contributed by atoms with E-state index in [1.165, 1.54) is 18.2 Å². The molecule has 1 N–H and O–H groups in total. The van der Waals surface area contributed by atoms with E-state index < -0.39 is 15.8 Å². The van der Waals surface area contributed by atoms with Gasteiger partial charge in [-0.25, -0.2) is 12.8 Å². The number of nitrogens with one attached hydrogen (secondary N) is 1. The molecule has 0 spiro atoms. The lowest BCUT2D eigenvalue weighted by atomic mass is 10.1. The molecule has 2 aromatic carbocycles. The molecule has 9 heteroatoms. The second-order valence-corrected chi connectivity index (χ2v) is 9.02. The fourth-order valence-electron chi connectivity index (χ4n) is 2.78. The number of hydrogen-bond donors (Lipinski definition) is 1. The third-order valence-corrected chi connectivity index (χ3v) is 7.04. The predicted octanol–water partition coefficient (Wildman–Crippen LogP) is 4.97. The van der Waals surface area contributed by atoms with Crippen LogP contribution in [-0.2, 0) is 16.4 Å². The molecule has 0 atom stereocenters. The van der Waals surface area contributed by atoms with Gasteiger partial charge in [-0.15, -0.1) is 11.3 Å². The molecule has 4 aromatic rings. The van der Waals surface area contributed by atoms with Crippen LogP contribution in [0.2, 0.25) is 0 Å². The predicted molar refractivity (Wildman–Crippen MR) is 110 cm³/mol. The molecular weight excluding hydrogens is 413 g/mol. The van der Waals surface area contributed by atoms with Gasteiger partial charge in [-0.1, -0.05) is 42.4 Å². The zero-order chi connectivity index (χ0) is 20.4. The first-order valence-corrected chi connectivity index (χ1v) is 11.1. The standard InChI is InChI=1S/C20H16FN3O3S2/c1-2-13-6-3-4-9-17(13)24-29(25,26)18-11-15(12-28-18)20-22-19(23-27-20)14-7-5-8-16(21)10-14/h3-12,24H,2H2,1H3. The quantitative estimate of drug-likeness (QED) is 0.468. The SMILES string of the molecule is CCc1ccccc1NS(=O)(=O)c1cc(-c2nc(-c3cccc(F)c3)no2)cs1. The summed E-state index contributed by atoms with van der Waals surface area (Å²) in [4.78, 5) is 4.25. The van der Waals surface area contributed by atoms with Crippen molar-refractivity contribution in [2.45, 2.75) is 17.6 Å². The number of para-hydroxylation sites is 1. The van der Waals surface area contributed by atoms with Gasteiger partial charge in [-0.05, 0) is 36.2 Å². The number of aryl methyl sites for hydroxylation is 1. The molecule has 0 aliphatic heterocycles. The van der Waals surface area contributed by atoms with Crippen molar-refractivity contribution in [3.05, 3.63) is 71.4 Å². The van der Waals surface area contributed by atoms with Crippen LogP contribution in [0.1, 0.15) is 12.5 Å². The highest BCUT2D eigenvalue weighted by Crippen LogP contribution is 2.30. The molecule has 2 aromatic heterocycles. The van der Waals surface area contributed by atoms with E-state index in [2.05, 4.69) is 14.9 Å². The number of hydrogen-bond acceptors (Lipinski definition) is 6. The van der Waals surface area contributed by atoms with E-state index in [4.69, 9.17) is 4.52 Å². The number of thiophene rings is 1. The minimum atomic E-state index is -3.75. The number of nitrogens with zero attached hydrogens (tertiary/aromatic N) is 2. The summed E-state index contributed by atoms with van der Waals surface area (Å²) in [6.45, 7) is 1.96. The zero-order valence-corrected chi connectivity index (χ0v) is 16.9. The van der Waals surface area contributed by atoms with Crippen LogP contribution in [0.4, 0.5) is 10.1 Å². The highest BCUT2D eigenvalue weighted by molar-refractivity contribution is 7.94. The summed E-state index contributed by atoms with van der Waals surface area (Å²) in [6.07, 6.45) is 0.708. The van der Waals surface area contributed by atoms with E-state index in [9.17, 15) is 12.8 Å². The molecule has 0 radical (unpaired) electrons. The highest BCUT2D eigenvalue weighted by Gasteiger charge is 2.21. The van der Waals surface area contributed by atoms with Crippen molar-refractivity contribution in [2.75, 3.05) is 4.72 Å². The molecule has 0 saturated heterocycles. The van der Waals surface area contributed by atoms with Crippen molar-refractivity contribution in [3.8, 4) is 22.8 Å². The van der Waals surface area contributed by atoms with Crippen LogP contribution in [-0.4, -0.2) is 18.6 Å². The van der Waals surface area contributed by atoms with Gasteiger partial charge in [0, 0.05) is 10.9 Å². The molecule has 0 unspecified atom stereocenters.